The summed E-state index contributed by atoms with van der Waals surface area (Å²) in [6, 6.07) is 17.5. The van der Waals surface area contributed by atoms with Crippen molar-refractivity contribution >= 4 is 38.9 Å². The highest BCUT2D eigenvalue weighted by Gasteiger charge is 2.27. The van der Waals surface area contributed by atoms with Gasteiger partial charge in [-0.05, 0) is 68.3 Å². The number of hydrogen-bond acceptors (Lipinski definition) is 2. The highest BCUT2D eigenvalue weighted by Crippen LogP contribution is 2.32. The molecule has 146 valence electrons. The van der Waals surface area contributed by atoms with E-state index in [-0.39, 0.29) is 11.4 Å². The summed E-state index contributed by atoms with van der Waals surface area (Å²) in [6.45, 7) is 5.90. The fourth-order valence-corrected chi connectivity index (χ4v) is 4.80. The molecule has 0 aliphatic carbocycles. The van der Waals surface area contributed by atoms with E-state index in [4.69, 9.17) is 23.2 Å². The van der Waals surface area contributed by atoms with Gasteiger partial charge in [-0.1, -0.05) is 53.0 Å². The normalized spacial score (nSPS) is 11.5. The third-order valence-electron chi connectivity index (χ3n) is 4.75. The second-order valence-electron chi connectivity index (χ2n) is 6.79. The molecule has 3 rings (SSSR count). The van der Waals surface area contributed by atoms with E-state index < -0.39 is 10.0 Å². The number of hydrogen-bond donors (Lipinski definition) is 0. The molecule has 3 nitrogen and oxygen atoms in total. The van der Waals surface area contributed by atoms with Crippen LogP contribution < -0.4 is 4.31 Å². The molecule has 0 aromatic heterocycles. The van der Waals surface area contributed by atoms with Crippen molar-refractivity contribution in [3.63, 3.8) is 0 Å². The number of aryl methyl sites for hydroxylation is 3. The third-order valence-corrected chi connectivity index (χ3v) is 7.25. The van der Waals surface area contributed by atoms with Crippen LogP contribution in [0, 0.1) is 20.8 Å². The Balaban J connectivity index is 2.16. The monoisotopic (exact) mass is 433 g/mol. The molecule has 0 fully saturated rings. The van der Waals surface area contributed by atoms with Crippen molar-refractivity contribution in [1.29, 1.82) is 0 Å². The fourth-order valence-electron chi connectivity index (χ4n) is 2.86. The summed E-state index contributed by atoms with van der Waals surface area (Å²) in [5, 5.41) is 0.862. The molecule has 0 bridgehead atoms. The molecule has 0 atom stereocenters. The molecule has 0 amide bonds. The number of benzene rings is 3. The summed E-state index contributed by atoms with van der Waals surface area (Å²) < 4.78 is 28.4. The lowest BCUT2D eigenvalue weighted by Crippen LogP contribution is -2.31. The molecule has 0 aliphatic rings. The zero-order valence-electron chi connectivity index (χ0n) is 15.9. The minimum absolute atomic E-state index is 0.0389. The Morgan fingerprint density at radius 1 is 0.821 bits per heavy atom. The second kappa shape index (κ2) is 8.16. The quantitative estimate of drug-likeness (QED) is 0.472. The molecule has 28 heavy (non-hydrogen) atoms. The Bertz CT molecular complexity index is 1090. The van der Waals surface area contributed by atoms with Crippen LogP contribution in [0.25, 0.3) is 0 Å². The van der Waals surface area contributed by atoms with Crippen molar-refractivity contribution in [1.82, 2.24) is 0 Å². The summed E-state index contributed by atoms with van der Waals surface area (Å²) in [4.78, 5) is 0.222. The van der Waals surface area contributed by atoms with Crippen molar-refractivity contribution in [2.45, 2.75) is 32.2 Å². The number of sulfonamides is 1. The van der Waals surface area contributed by atoms with E-state index in [0.29, 0.717) is 21.3 Å². The van der Waals surface area contributed by atoms with Gasteiger partial charge in [-0.2, -0.15) is 0 Å². The number of anilines is 1. The zero-order valence-corrected chi connectivity index (χ0v) is 18.2. The molecule has 0 saturated heterocycles. The Labute approximate surface area is 176 Å². The zero-order chi connectivity index (χ0) is 20.5. The summed E-state index contributed by atoms with van der Waals surface area (Å²) in [6.07, 6.45) is 0. The van der Waals surface area contributed by atoms with Crippen molar-refractivity contribution in [2.24, 2.45) is 0 Å². The first-order chi connectivity index (χ1) is 13.2. The fraction of sp³-hybridized carbons (Fsp3) is 0.182. The summed E-state index contributed by atoms with van der Waals surface area (Å²) >= 11 is 12.7. The molecule has 0 aliphatic heterocycles. The molecule has 0 heterocycles. The molecule has 3 aromatic carbocycles. The van der Waals surface area contributed by atoms with Crippen LogP contribution in [0.2, 0.25) is 10.0 Å². The van der Waals surface area contributed by atoms with Gasteiger partial charge in [0.25, 0.3) is 10.0 Å². The summed E-state index contributed by atoms with van der Waals surface area (Å²) in [5.74, 6) is 0. The van der Waals surface area contributed by atoms with E-state index in [0.717, 1.165) is 16.7 Å². The maximum absolute atomic E-state index is 13.5. The molecule has 0 radical (unpaired) electrons. The molecule has 3 aromatic rings. The Kier molecular flexibility index (Phi) is 6.04. The van der Waals surface area contributed by atoms with E-state index in [1.807, 2.05) is 32.9 Å². The van der Waals surface area contributed by atoms with Crippen LogP contribution in [0.4, 0.5) is 5.69 Å². The smallest absolute Gasteiger partial charge is 0.262 e. The Hall–Kier alpha value is -2.01. The summed E-state index contributed by atoms with van der Waals surface area (Å²) in [5.41, 5.74) is 4.23. The molecule has 0 N–H and O–H groups in total. The molecule has 6 heteroatoms. The van der Waals surface area contributed by atoms with Crippen LogP contribution in [-0.4, -0.2) is 8.42 Å². The van der Waals surface area contributed by atoms with Crippen LogP contribution in [0.5, 0.6) is 0 Å². The van der Waals surface area contributed by atoms with Gasteiger partial charge in [0.15, 0.2) is 0 Å². The van der Waals surface area contributed by atoms with Crippen molar-refractivity contribution in [3.8, 4) is 0 Å². The van der Waals surface area contributed by atoms with Gasteiger partial charge >= 0.3 is 0 Å². The predicted molar refractivity (Wildman–Crippen MR) is 117 cm³/mol. The van der Waals surface area contributed by atoms with E-state index in [9.17, 15) is 8.42 Å². The van der Waals surface area contributed by atoms with Crippen molar-refractivity contribution < 1.29 is 8.42 Å². The topological polar surface area (TPSA) is 37.4 Å². The average Bonchev–Trinajstić information content (AvgIpc) is 2.64. The minimum Gasteiger partial charge on any atom is -0.262 e. The van der Waals surface area contributed by atoms with Crippen molar-refractivity contribution in [3.05, 3.63) is 93.0 Å². The molecule has 0 spiro atoms. The Morgan fingerprint density at radius 2 is 1.43 bits per heavy atom. The third kappa shape index (κ3) is 4.19. The van der Waals surface area contributed by atoms with E-state index in [1.54, 1.807) is 48.5 Å². The SMILES string of the molecule is Cc1ccc(S(=O)(=O)N(Cc2c(Cl)cccc2Cl)c2ccc(C)c(C)c2)cc1. The van der Waals surface area contributed by atoms with Crippen LogP contribution in [0.3, 0.4) is 0 Å². The van der Waals surface area contributed by atoms with Gasteiger partial charge in [0.2, 0.25) is 0 Å². The number of rotatable bonds is 5. The van der Waals surface area contributed by atoms with Crippen LogP contribution in [-0.2, 0) is 16.6 Å². The first-order valence-electron chi connectivity index (χ1n) is 8.79. The van der Waals surface area contributed by atoms with E-state index in [1.165, 1.54) is 4.31 Å². The van der Waals surface area contributed by atoms with Crippen LogP contribution in [0.15, 0.2) is 65.6 Å². The predicted octanol–water partition coefficient (Wildman–Crippen LogP) is 6.31. The van der Waals surface area contributed by atoms with Gasteiger partial charge in [-0.3, -0.25) is 4.31 Å². The molecule has 0 unspecified atom stereocenters. The average molecular weight is 434 g/mol. The minimum atomic E-state index is -3.82. The largest absolute Gasteiger partial charge is 0.264 e. The molecular formula is C22H21Cl2NO2S. The van der Waals surface area contributed by atoms with E-state index >= 15 is 0 Å². The van der Waals surface area contributed by atoms with Gasteiger partial charge in [0, 0.05) is 15.6 Å². The second-order valence-corrected chi connectivity index (χ2v) is 9.47. The first-order valence-corrected chi connectivity index (χ1v) is 11.0. The van der Waals surface area contributed by atoms with Gasteiger partial charge in [-0.25, -0.2) is 8.42 Å². The first kappa shape index (κ1) is 20.7. The van der Waals surface area contributed by atoms with Gasteiger partial charge in [-0.15, -0.1) is 0 Å². The maximum Gasteiger partial charge on any atom is 0.264 e. The number of nitrogens with zero attached hydrogens (tertiary/aromatic N) is 1. The van der Waals surface area contributed by atoms with E-state index in [2.05, 4.69) is 0 Å². The highest BCUT2D eigenvalue weighted by atomic mass is 35.5. The lowest BCUT2D eigenvalue weighted by molar-refractivity contribution is 0.590. The number of halogens is 2. The highest BCUT2D eigenvalue weighted by molar-refractivity contribution is 7.92. The van der Waals surface area contributed by atoms with Crippen LogP contribution in [0.1, 0.15) is 22.3 Å². The maximum atomic E-state index is 13.5. The van der Waals surface area contributed by atoms with Crippen LogP contribution >= 0.6 is 23.2 Å². The van der Waals surface area contributed by atoms with Gasteiger partial charge < -0.3 is 0 Å². The van der Waals surface area contributed by atoms with Crippen molar-refractivity contribution in [2.75, 3.05) is 4.31 Å². The lowest BCUT2D eigenvalue weighted by Gasteiger charge is -2.26. The van der Waals surface area contributed by atoms with Gasteiger partial charge in [0.05, 0.1) is 17.1 Å². The summed E-state index contributed by atoms with van der Waals surface area (Å²) in [7, 11) is -3.82. The Morgan fingerprint density at radius 3 is 2.00 bits per heavy atom. The standard InChI is InChI=1S/C22H21Cl2NO2S/c1-15-7-11-19(12-8-15)28(26,27)25(18-10-9-16(2)17(3)13-18)14-20-21(23)5-4-6-22(20)24/h4-13H,14H2,1-3H3. The molecular weight excluding hydrogens is 413 g/mol. The molecule has 0 saturated carbocycles. The lowest BCUT2D eigenvalue weighted by atomic mass is 10.1. The van der Waals surface area contributed by atoms with Gasteiger partial charge in [0.1, 0.15) is 0 Å².